The standard InChI is InChI=1S/C18H26O4/c1-14(20-12-15-9-5-4-6-10-15)8-7-11-16(19)17-13-21-18(2,3)22-17/h4-10,14,16-17,19H,11-13H2,1-3H3/b8-7-/t14-,16-,17+/m0/s1. The first-order valence-electron chi connectivity index (χ1n) is 7.78. The molecule has 1 aliphatic heterocycles. The van der Waals surface area contributed by atoms with Crippen LogP contribution in [0, 0.1) is 0 Å². The lowest BCUT2D eigenvalue weighted by molar-refractivity contribution is -0.150. The fourth-order valence-electron chi connectivity index (χ4n) is 2.32. The third-order valence-corrected chi connectivity index (χ3v) is 3.60. The molecule has 4 nitrogen and oxygen atoms in total. The Kier molecular flexibility index (Phi) is 6.15. The topological polar surface area (TPSA) is 47.9 Å². The quantitative estimate of drug-likeness (QED) is 0.787. The van der Waals surface area contributed by atoms with E-state index in [-0.39, 0.29) is 12.2 Å². The lowest BCUT2D eigenvalue weighted by Crippen LogP contribution is -2.30. The molecule has 1 heterocycles. The number of hydrogen-bond acceptors (Lipinski definition) is 4. The van der Waals surface area contributed by atoms with Gasteiger partial charge in [0.25, 0.3) is 0 Å². The zero-order valence-corrected chi connectivity index (χ0v) is 13.6. The van der Waals surface area contributed by atoms with Gasteiger partial charge < -0.3 is 19.3 Å². The van der Waals surface area contributed by atoms with Crippen molar-refractivity contribution in [3.63, 3.8) is 0 Å². The summed E-state index contributed by atoms with van der Waals surface area (Å²) in [6.45, 7) is 6.72. The van der Waals surface area contributed by atoms with E-state index in [9.17, 15) is 5.11 Å². The summed E-state index contributed by atoms with van der Waals surface area (Å²) in [5.74, 6) is -0.596. The lowest BCUT2D eigenvalue weighted by Gasteiger charge is -2.19. The average molecular weight is 306 g/mol. The van der Waals surface area contributed by atoms with Crippen molar-refractivity contribution in [2.75, 3.05) is 6.61 Å². The minimum Gasteiger partial charge on any atom is -0.390 e. The first-order chi connectivity index (χ1) is 10.5. The normalized spacial score (nSPS) is 23.7. The van der Waals surface area contributed by atoms with E-state index in [0.29, 0.717) is 19.6 Å². The zero-order valence-electron chi connectivity index (χ0n) is 13.6. The van der Waals surface area contributed by atoms with Crippen molar-refractivity contribution in [3.05, 3.63) is 48.0 Å². The van der Waals surface area contributed by atoms with Crippen LogP contribution in [0.2, 0.25) is 0 Å². The molecular formula is C18H26O4. The Hall–Kier alpha value is -1.20. The Morgan fingerprint density at radius 1 is 1.36 bits per heavy atom. The molecule has 0 aromatic heterocycles. The molecule has 1 aliphatic rings. The maximum Gasteiger partial charge on any atom is 0.163 e. The van der Waals surface area contributed by atoms with Gasteiger partial charge in [0.05, 0.1) is 25.4 Å². The molecule has 3 atom stereocenters. The summed E-state index contributed by atoms with van der Waals surface area (Å²) >= 11 is 0. The second-order valence-corrected chi connectivity index (χ2v) is 6.10. The maximum atomic E-state index is 10.1. The molecule has 0 saturated carbocycles. The van der Waals surface area contributed by atoms with Crippen molar-refractivity contribution < 1.29 is 19.3 Å². The summed E-state index contributed by atoms with van der Waals surface area (Å²) in [5.41, 5.74) is 1.15. The van der Waals surface area contributed by atoms with Gasteiger partial charge in [0.15, 0.2) is 5.79 Å². The van der Waals surface area contributed by atoms with Crippen LogP contribution in [0.15, 0.2) is 42.5 Å². The molecule has 1 aromatic rings. The van der Waals surface area contributed by atoms with Crippen LogP contribution in [0.1, 0.15) is 32.8 Å². The van der Waals surface area contributed by atoms with Crippen molar-refractivity contribution in [2.45, 2.75) is 57.9 Å². The summed E-state index contributed by atoms with van der Waals surface area (Å²) in [4.78, 5) is 0. The lowest BCUT2D eigenvalue weighted by atomic mass is 10.1. The van der Waals surface area contributed by atoms with Crippen LogP contribution in [0.4, 0.5) is 0 Å². The third-order valence-electron chi connectivity index (χ3n) is 3.60. The van der Waals surface area contributed by atoms with Crippen molar-refractivity contribution in [1.29, 1.82) is 0 Å². The van der Waals surface area contributed by atoms with Gasteiger partial charge in [0.2, 0.25) is 0 Å². The molecule has 0 spiro atoms. The molecule has 1 fully saturated rings. The Labute approximate surface area is 132 Å². The minimum absolute atomic E-state index is 0.00425. The fourth-order valence-corrected chi connectivity index (χ4v) is 2.32. The number of hydrogen-bond donors (Lipinski definition) is 1. The highest BCUT2D eigenvalue weighted by atomic mass is 16.7. The largest absolute Gasteiger partial charge is 0.390 e. The van der Waals surface area contributed by atoms with Crippen LogP contribution >= 0.6 is 0 Å². The van der Waals surface area contributed by atoms with Crippen molar-refractivity contribution in [1.82, 2.24) is 0 Å². The molecule has 4 heteroatoms. The van der Waals surface area contributed by atoms with Crippen LogP contribution < -0.4 is 0 Å². The van der Waals surface area contributed by atoms with E-state index in [1.807, 2.05) is 63.3 Å². The second-order valence-electron chi connectivity index (χ2n) is 6.10. The summed E-state index contributed by atoms with van der Waals surface area (Å²) in [7, 11) is 0. The van der Waals surface area contributed by atoms with Gasteiger partial charge >= 0.3 is 0 Å². The number of ether oxygens (including phenoxy) is 3. The number of aliphatic hydroxyl groups excluding tert-OH is 1. The Morgan fingerprint density at radius 2 is 2.09 bits per heavy atom. The molecule has 0 bridgehead atoms. The summed E-state index contributed by atoms with van der Waals surface area (Å²) in [5, 5.41) is 10.1. The molecule has 1 saturated heterocycles. The van der Waals surface area contributed by atoms with Gasteiger partial charge in [0.1, 0.15) is 6.10 Å². The molecule has 1 N–H and O–H groups in total. The molecule has 0 radical (unpaired) electrons. The van der Waals surface area contributed by atoms with Gasteiger partial charge in [0, 0.05) is 0 Å². The van der Waals surface area contributed by atoms with Crippen LogP contribution in [-0.4, -0.2) is 35.8 Å². The number of aliphatic hydroxyl groups is 1. The summed E-state index contributed by atoms with van der Waals surface area (Å²) in [6.07, 6.45) is 3.62. The average Bonchev–Trinajstić information content (AvgIpc) is 2.86. The summed E-state index contributed by atoms with van der Waals surface area (Å²) < 4.78 is 16.8. The molecule has 2 rings (SSSR count). The molecule has 0 amide bonds. The molecular weight excluding hydrogens is 280 g/mol. The van der Waals surface area contributed by atoms with E-state index in [2.05, 4.69) is 0 Å². The predicted octanol–water partition coefficient (Wildman–Crippen LogP) is 3.05. The summed E-state index contributed by atoms with van der Waals surface area (Å²) in [6, 6.07) is 10.1. The van der Waals surface area contributed by atoms with Crippen LogP contribution in [0.5, 0.6) is 0 Å². The maximum absolute atomic E-state index is 10.1. The first kappa shape index (κ1) is 17.2. The van der Waals surface area contributed by atoms with E-state index >= 15 is 0 Å². The van der Waals surface area contributed by atoms with Gasteiger partial charge in [-0.15, -0.1) is 0 Å². The Balaban J connectivity index is 1.68. The molecule has 0 unspecified atom stereocenters. The SMILES string of the molecule is C[C@@H](/C=C\C[C@H](O)[C@H]1COC(C)(C)O1)OCc1ccccc1. The van der Waals surface area contributed by atoms with Crippen molar-refractivity contribution in [2.24, 2.45) is 0 Å². The minimum atomic E-state index is -0.596. The van der Waals surface area contributed by atoms with E-state index in [1.165, 1.54) is 0 Å². The highest BCUT2D eigenvalue weighted by Gasteiger charge is 2.36. The fraction of sp³-hybridized carbons (Fsp3) is 0.556. The van der Waals surface area contributed by atoms with Gasteiger partial charge in [-0.25, -0.2) is 0 Å². The first-order valence-corrected chi connectivity index (χ1v) is 7.78. The van der Waals surface area contributed by atoms with Crippen LogP contribution in [0.3, 0.4) is 0 Å². The van der Waals surface area contributed by atoms with Crippen LogP contribution in [-0.2, 0) is 20.8 Å². The second kappa shape index (κ2) is 7.88. The predicted molar refractivity (Wildman–Crippen MR) is 85.4 cm³/mol. The number of benzene rings is 1. The van der Waals surface area contributed by atoms with Gasteiger partial charge in [-0.1, -0.05) is 42.5 Å². The Bertz CT molecular complexity index is 469. The van der Waals surface area contributed by atoms with E-state index < -0.39 is 11.9 Å². The van der Waals surface area contributed by atoms with Crippen molar-refractivity contribution in [3.8, 4) is 0 Å². The van der Waals surface area contributed by atoms with Gasteiger partial charge in [-0.05, 0) is 32.8 Å². The van der Waals surface area contributed by atoms with Gasteiger partial charge in [-0.2, -0.15) is 0 Å². The molecule has 1 aromatic carbocycles. The molecule has 0 aliphatic carbocycles. The smallest absolute Gasteiger partial charge is 0.163 e. The third kappa shape index (κ3) is 5.54. The van der Waals surface area contributed by atoms with Crippen molar-refractivity contribution >= 4 is 0 Å². The Morgan fingerprint density at radius 3 is 2.73 bits per heavy atom. The van der Waals surface area contributed by atoms with E-state index in [1.54, 1.807) is 0 Å². The van der Waals surface area contributed by atoms with E-state index in [4.69, 9.17) is 14.2 Å². The highest BCUT2D eigenvalue weighted by Crippen LogP contribution is 2.25. The number of rotatable bonds is 7. The van der Waals surface area contributed by atoms with E-state index in [0.717, 1.165) is 5.56 Å². The van der Waals surface area contributed by atoms with Crippen LogP contribution in [0.25, 0.3) is 0 Å². The molecule has 122 valence electrons. The monoisotopic (exact) mass is 306 g/mol. The highest BCUT2D eigenvalue weighted by molar-refractivity contribution is 5.13. The van der Waals surface area contributed by atoms with Gasteiger partial charge in [-0.3, -0.25) is 0 Å². The molecule has 22 heavy (non-hydrogen) atoms. The zero-order chi connectivity index (χ0) is 16.0.